The predicted molar refractivity (Wildman–Crippen MR) is 65.3 cm³/mol. The Balaban J connectivity index is 2.11. The molecule has 0 atom stereocenters. The van der Waals surface area contributed by atoms with E-state index in [0.717, 1.165) is 0 Å². The van der Waals surface area contributed by atoms with Crippen molar-refractivity contribution in [2.24, 2.45) is 0 Å². The summed E-state index contributed by atoms with van der Waals surface area (Å²) in [5, 5.41) is 6.74. The third-order valence-electron chi connectivity index (χ3n) is 2.30. The Morgan fingerprint density at radius 1 is 1.44 bits per heavy atom. The first-order valence-corrected chi connectivity index (χ1v) is 5.69. The summed E-state index contributed by atoms with van der Waals surface area (Å²) in [6.07, 6.45) is 0. The molecular weight excluding hydrogens is 234 g/mol. The van der Waals surface area contributed by atoms with Crippen LogP contribution < -0.4 is 10.9 Å². The van der Waals surface area contributed by atoms with Crippen LogP contribution >= 0.6 is 0 Å². The van der Waals surface area contributed by atoms with E-state index in [0.29, 0.717) is 29.9 Å². The minimum Gasteiger partial charge on any atom is -0.362 e. The number of hydrogen-bond donors (Lipinski definition) is 2. The summed E-state index contributed by atoms with van der Waals surface area (Å²) >= 11 is 0. The van der Waals surface area contributed by atoms with Crippen molar-refractivity contribution >= 4 is 5.82 Å². The lowest BCUT2D eigenvalue weighted by Crippen LogP contribution is -2.14. The second kappa shape index (κ2) is 4.99. The van der Waals surface area contributed by atoms with Gasteiger partial charge in [-0.1, -0.05) is 19.0 Å². The minimum absolute atomic E-state index is 0.159. The topological polar surface area (TPSA) is 96.7 Å². The van der Waals surface area contributed by atoms with Crippen LogP contribution in [-0.2, 0) is 6.54 Å². The predicted octanol–water partition coefficient (Wildman–Crippen LogP) is 1.20. The Kier molecular flexibility index (Phi) is 3.40. The largest absolute Gasteiger partial charge is 0.362 e. The van der Waals surface area contributed by atoms with Crippen LogP contribution in [0.2, 0.25) is 0 Å². The Labute approximate surface area is 104 Å². The van der Waals surface area contributed by atoms with E-state index in [-0.39, 0.29) is 11.5 Å². The molecule has 0 aliphatic heterocycles. The molecule has 96 valence electrons. The fourth-order valence-electron chi connectivity index (χ4n) is 1.42. The maximum absolute atomic E-state index is 11.4. The number of aromatic amines is 1. The van der Waals surface area contributed by atoms with Crippen molar-refractivity contribution in [1.29, 1.82) is 0 Å². The second-order valence-electron chi connectivity index (χ2n) is 4.25. The molecule has 2 aromatic heterocycles. The summed E-state index contributed by atoms with van der Waals surface area (Å²) in [6.45, 7) is 6.01. The maximum atomic E-state index is 11.4. The number of nitrogens with one attached hydrogen (secondary N) is 2. The molecule has 0 saturated heterocycles. The van der Waals surface area contributed by atoms with Crippen molar-refractivity contribution in [2.45, 2.75) is 33.2 Å². The highest BCUT2D eigenvalue weighted by molar-refractivity contribution is 5.33. The van der Waals surface area contributed by atoms with Gasteiger partial charge in [0.2, 0.25) is 5.89 Å². The summed E-state index contributed by atoms with van der Waals surface area (Å²) in [5.41, 5.74) is -0.180. The van der Waals surface area contributed by atoms with Crippen molar-refractivity contribution in [1.82, 2.24) is 20.1 Å². The molecule has 0 amide bonds. The van der Waals surface area contributed by atoms with Crippen molar-refractivity contribution < 1.29 is 4.52 Å². The fraction of sp³-hybridized carbons (Fsp3) is 0.455. The van der Waals surface area contributed by atoms with Gasteiger partial charge in [0, 0.05) is 18.9 Å². The molecule has 0 unspecified atom stereocenters. The highest BCUT2D eigenvalue weighted by atomic mass is 16.5. The molecule has 0 aromatic carbocycles. The molecule has 7 heteroatoms. The van der Waals surface area contributed by atoms with Crippen LogP contribution in [0.25, 0.3) is 0 Å². The molecule has 2 aromatic rings. The van der Waals surface area contributed by atoms with Crippen LogP contribution in [0.3, 0.4) is 0 Å². The van der Waals surface area contributed by atoms with Crippen molar-refractivity contribution in [3.8, 4) is 0 Å². The molecule has 0 aliphatic rings. The van der Waals surface area contributed by atoms with Gasteiger partial charge in [-0.05, 0) is 0 Å². The molecule has 0 bridgehead atoms. The summed E-state index contributed by atoms with van der Waals surface area (Å²) in [6, 6.07) is 1.40. The van der Waals surface area contributed by atoms with Crippen LogP contribution in [-0.4, -0.2) is 20.1 Å². The van der Waals surface area contributed by atoms with Gasteiger partial charge >= 0.3 is 0 Å². The number of aromatic nitrogens is 4. The Morgan fingerprint density at radius 2 is 2.22 bits per heavy atom. The van der Waals surface area contributed by atoms with E-state index in [1.54, 1.807) is 6.92 Å². The summed E-state index contributed by atoms with van der Waals surface area (Å²) in [5.74, 6) is 2.35. The Morgan fingerprint density at radius 3 is 2.83 bits per heavy atom. The van der Waals surface area contributed by atoms with E-state index in [1.165, 1.54) is 6.07 Å². The van der Waals surface area contributed by atoms with E-state index >= 15 is 0 Å². The first-order valence-electron chi connectivity index (χ1n) is 5.69. The SMILES string of the molecule is Cc1nc(CNc2cc(=O)[nH]c(C(C)C)n2)no1. The molecule has 2 rings (SSSR count). The molecule has 0 radical (unpaired) electrons. The van der Waals surface area contributed by atoms with Crippen molar-refractivity contribution in [2.75, 3.05) is 5.32 Å². The zero-order valence-electron chi connectivity index (χ0n) is 10.5. The third kappa shape index (κ3) is 2.93. The van der Waals surface area contributed by atoms with Gasteiger partial charge in [-0.25, -0.2) is 4.98 Å². The van der Waals surface area contributed by atoms with Crippen LogP contribution in [0.1, 0.15) is 37.3 Å². The molecule has 0 spiro atoms. The van der Waals surface area contributed by atoms with Gasteiger partial charge < -0.3 is 14.8 Å². The van der Waals surface area contributed by atoms with Crippen LogP contribution in [0.5, 0.6) is 0 Å². The number of H-pyrrole nitrogens is 1. The Hall–Kier alpha value is -2.18. The van der Waals surface area contributed by atoms with Gasteiger partial charge in [0.15, 0.2) is 5.82 Å². The number of rotatable bonds is 4. The zero-order chi connectivity index (χ0) is 13.1. The van der Waals surface area contributed by atoms with Crippen molar-refractivity contribution in [3.05, 3.63) is 34.0 Å². The zero-order valence-corrected chi connectivity index (χ0v) is 10.5. The maximum Gasteiger partial charge on any atom is 0.252 e. The van der Waals surface area contributed by atoms with Gasteiger partial charge in [0.05, 0.1) is 6.54 Å². The molecule has 18 heavy (non-hydrogen) atoms. The van der Waals surface area contributed by atoms with Crippen LogP contribution in [0, 0.1) is 6.92 Å². The Bertz CT molecular complexity index is 587. The highest BCUT2D eigenvalue weighted by Crippen LogP contribution is 2.09. The molecular formula is C11H15N5O2. The normalized spacial score (nSPS) is 10.9. The van der Waals surface area contributed by atoms with Gasteiger partial charge in [-0.2, -0.15) is 4.98 Å². The first kappa shape index (κ1) is 12.3. The van der Waals surface area contributed by atoms with Gasteiger partial charge in [0.25, 0.3) is 5.56 Å². The van der Waals surface area contributed by atoms with Crippen LogP contribution in [0.4, 0.5) is 5.82 Å². The third-order valence-corrected chi connectivity index (χ3v) is 2.30. The number of aryl methyl sites for hydroxylation is 1. The smallest absolute Gasteiger partial charge is 0.252 e. The molecule has 0 saturated carbocycles. The number of nitrogens with zero attached hydrogens (tertiary/aromatic N) is 3. The fourth-order valence-corrected chi connectivity index (χ4v) is 1.42. The lowest BCUT2D eigenvalue weighted by atomic mass is 10.2. The number of anilines is 1. The second-order valence-corrected chi connectivity index (χ2v) is 4.25. The molecule has 0 fully saturated rings. The van der Waals surface area contributed by atoms with E-state index in [2.05, 4.69) is 25.4 Å². The van der Waals surface area contributed by atoms with Gasteiger partial charge in [0.1, 0.15) is 11.6 Å². The van der Waals surface area contributed by atoms with Gasteiger partial charge in [-0.3, -0.25) is 4.79 Å². The molecule has 2 heterocycles. The lowest BCUT2D eigenvalue weighted by Gasteiger charge is -2.07. The standard InChI is InChI=1S/C11H15N5O2/c1-6(2)11-14-8(4-10(17)15-11)12-5-9-13-7(3)18-16-9/h4,6H,5H2,1-3H3,(H2,12,14,15,17). The van der Waals surface area contributed by atoms with Crippen molar-refractivity contribution in [3.63, 3.8) is 0 Å². The minimum atomic E-state index is -0.180. The monoisotopic (exact) mass is 249 g/mol. The first-order chi connectivity index (χ1) is 8.54. The molecule has 7 nitrogen and oxygen atoms in total. The van der Waals surface area contributed by atoms with E-state index in [9.17, 15) is 4.79 Å². The summed E-state index contributed by atoms with van der Waals surface area (Å²) < 4.78 is 4.85. The summed E-state index contributed by atoms with van der Waals surface area (Å²) in [7, 11) is 0. The molecule has 0 aliphatic carbocycles. The summed E-state index contributed by atoms with van der Waals surface area (Å²) in [4.78, 5) is 22.5. The van der Waals surface area contributed by atoms with Gasteiger partial charge in [-0.15, -0.1) is 0 Å². The van der Waals surface area contributed by atoms with E-state index in [1.807, 2.05) is 13.8 Å². The van der Waals surface area contributed by atoms with Crippen LogP contribution in [0.15, 0.2) is 15.4 Å². The van der Waals surface area contributed by atoms with E-state index < -0.39 is 0 Å². The highest BCUT2D eigenvalue weighted by Gasteiger charge is 2.06. The average molecular weight is 249 g/mol. The van der Waals surface area contributed by atoms with E-state index in [4.69, 9.17) is 4.52 Å². The number of hydrogen-bond acceptors (Lipinski definition) is 6. The average Bonchev–Trinajstić information content (AvgIpc) is 2.72. The quantitative estimate of drug-likeness (QED) is 0.845. The lowest BCUT2D eigenvalue weighted by molar-refractivity contribution is 0.388. The molecule has 2 N–H and O–H groups in total.